The molecule has 1 atom stereocenters. The summed E-state index contributed by atoms with van der Waals surface area (Å²) in [6.45, 7) is 5.44. The van der Waals surface area contributed by atoms with Gasteiger partial charge in [0, 0.05) is 24.4 Å². The summed E-state index contributed by atoms with van der Waals surface area (Å²) in [5, 5.41) is 3.48. The number of rotatable bonds is 7. The van der Waals surface area contributed by atoms with Crippen molar-refractivity contribution in [2.24, 2.45) is 5.73 Å². The Balaban J connectivity index is 1.43. The van der Waals surface area contributed by atoms with E-state index >= 15 is 0 Å². The molecule has 0 aromatic carbocycles. The lowest BCUT2D eigenvalue weighted by molar-refractivity contribution is -0.125. The van der Waals surface area contributed by atoms with Gasteiger partial charge in [0.25, 0.3) is 0 Å². The van der Waals surface area contributed by atoms with Crippen molar-refractivity contribution < 1.29 is 23.9 Å². The van der Waals surface area contributed by atoms with Gasteiger partial charge in [-0.1, -0.05) is 0 Å². The molecule has 0 bridgehead atoms. The molecule has 0 aliphatic heterocycles. The Morgan fingerprint density at radius 2 is 1.89 bits per heavy atom. The molecule has 36 heavy (non-hydrogen) atoms. The summed E-state index contributed by atoms with van der Waals surface area (Å²) in [5.74, 6) is -0.177. The molecule has 2 aromatic rings. The Labute approximate surface area is 214 Å². The number of aryl methyl sites for hydroxylation is 1. The van der Waals surface area contributed by atoms with Crippen molar-refractivity contribution in [3.05, 3.63) is 16.8 Å². The minimum absolute atomic E-state index is 0.0133. The fraction of sp³-hybridized carbons (Fsp3) is 0.640. The molecule has 2 aromatic heterocycles. The Morgan fingerprint density at radius 1 is 1.17 bits per heavy atom. The molecule has 0 saturated heterocycles. The van der Waals surface area contributed by atoms with E-state index in [4.69, 9.17) is 15.2 Å². The molecule has 2 aliphatic carbocycles. The molecule has 11 heteroatoms. The van der Waals surface area contributed by atoms with Crippen LogP contribution in [0.15, 0.2) is 6.33 Å². The Morgan fingerprint density at radius 3 is 2.56 bits per heavy atom. The average molecular weight is 518 g/mol. The number of nitrogens with zero attached hydrogens (tertiary/aromatic N) is 3. The number of fused-ring (bicyclic) bond motifs is 3. The number of carbonyl (C=O) groups excluding carboxylic acids is 3. The Kier molecular flexibility index (Phi) is 7.67. The van der Waals surface area contributed by atoms with Crippen LogP contribution in [0.2, 0.25) is 0 Å². The van der Waals surface area contributed by atoms with Gasteiger partial charge in [0.15, 0.2) is 0 Å². The van der Waals surface area contributed by atoms with E-state index < -0.39 is 11.5 Å². The smallest absolute Gasteiger partial charge is 0.410 e. The van der Waals surface area contributed by atoms with Crippen molar-refractivity contribution in [3.63, 3.8) is 0 Å². The third-order valence-electron chi connectivity index (χ3n) is 6.74. The summed E-state index contributed by atoms with van der Waals surface area (Å²) >= 11 is 1.63. The van der Waals surface area contributed by atoms with Gasteiger partial charge in [-0.2, -0.15) is 0 Å². The number of amides is 3. The molecule has 0 radical (unpaired) electrons. The minimum Gasteiger partial charge on any atom is -0.474 e. The van der Waals surface area contributed by atoms with Crippen LogP contribution in [0.5, 0.6) is 5.88 Å². The Hall–Kier alpha value is -2.95. The lowest BCUT2D eigenvalue weighted by Gasteiger charge is -2.35. The van der Waals surface area contributed by atoms with E-state index in [9.17, 15) is 14.4 Å². The second kappa shape index (κ2) is 10.6. The van der Waals surface area contributed by atoms with E-state index in [0.29, 0.717) is 5.88 Å². The first kappa shape index (κ1) is 26.1. The van der Waals surface area contributed by atoms with Crippen LogP contribution < -0.4 is 15.8 Å². The van der Waals surface area contributed by atoms with E-state index in [2.05, 4.69) is 15.3 Å². The third-order valence-corrected chi connectivity index (χ3v) is 7.91. The minimum atomic E-state index is -0.562. The molecule has 3 amide bonds. The van der Waals surface area contributed by atoms with Gasteiger partial charge in [-0.3, -0.25) is 9.59 Å². The zero-order valence-electron chi connectivity index (χ0n) is 21.3. The maximum atomic E-state index is 12.4. The van der Waals surface area contributed by atoms with E-state index in [1.54, 1.807) is 23.3 Å². The third kappa shape index (κ3) is 6.05. The molecular weight excluding hydrogens is 482 g/mol. The molecule has 3 N–H and O–H groups in total. The van der Waals surface area contributed by atoms with Gasteiger partial charge >= 0.3 is 6.09 Å². The van der Waals surface area contributed by atoms with Crippen molar-refractivity contribution in [1.82, 2.24) is 20.2 Å². The van der Waals surface area contributed by atoms with E-state index in [0.717, 1.165) is 54.3 Å². The summed E-state index contributed by atoms with van der Waals surface area (Å²) in [4.78, 5) is 48.5. The number of aromatic nitrogens is 2. The van der Waals surface area contributed by atoms with E-state index in [1.165, 1.54) is 11.2 Å². The zero-order valence-corrected chi connectivity index (χ0v) is 22.2. The molecule has 196 valence electrons. The van der Waals surface area contributed by atoms with Crippen LogP contribution in [0, 0.1) is 0 Å². The van der Waals surface area contributed by atoms with Crippen molar-refractivity contribution in [2.75, 3.05) is 13.6 Å². The molecule has 1 unspecified atom stereocenters. The van der Waals surface area contributed by atoms with Crippen molar-refractivity contribution in [1.29, 1.82) is 0 Å². The van der Waals surface area contributed by atoms with Gasteiger partial charge in [-0.25, -0.2) is 14.8 Å². The number of thiophene rings is 1. The maximum absolute atomic E-state index is 12.4. The van der Waals surface area contributed by atoms with Crippen molar-refractivity contribution >= 4 is 39.5 Å². The van der Waals surface area contributed by atoms with E-state index in [1.807, 2.05) is 20.8 Å². The van der Waals surface area contributed by atoms with Gasteiger partial charge in [0.05, 0.1) is 11.9 Å². The first-order valence-electron chi connectivity index (χ1n) is 12.5. The number of hydrogen-bond donors (Lipinski definition) is 2. The number of nitrogens with one attached hydrogen (secondary N) is 1. The first-order chi connectivity index (χ1) is 17.0. The van der Waals surface area contributed by atoms with Gasteiger partial charge in [-0.05, 0) is 70.8 Å². The van der Waals surface area contributed by atoms with E-state index in [-0.39, 0.29) is 43.0 Å². The largest absolute Gasteiger partial charge is 0.474 e. The second-order valence-electron chi connectivity index (χ2n) is 10.6. The maximum Gasteiger partial charge on any atom is 0.410 e. The highest BCUT2D eigenvalue weighted by molar-refractivity contribution is 7.19. The summed E-state index contributed by atoms with van der Waals surface area (Å²) < 4.78 is 11.9. The van der Waals surface area contributed by atoms with Crippen LogP contribution in [0.4, 0.5) is 4.79 Å². The zero-order chi connectivity index (χ0) is 26.0. The standard InChI is InChI=1S/C25H35N5O5S/c1-25(2,3)35-24(33)30(4)15-6-8-16(9-7-15)34-22-21-20-14(11-19(32)27-12-18(26)31)5-10-17(20)36-23(21)29-13-28-22/h13-16H,5-12H2,1-4H3,(H2,26,31)(H,27,32). The number of ether oxygens (including phenoxy) is 2. The van der Waals surface area contributed by atoms with Crippen LogP contribution >= 0.6 is 11.3 Å². The lowest BCUT2D eigenvalue weighted by atomic mass is 9.92. The van der Waals surface area contributed by atoms with Crippen LogP contribution in [-0.2, 0) is 20.7 Å². The number of carbonyl (C=O) groups is 3. The van der Waals surface area contributed by atoms with Gasteiger partial charge in [-0.15, -0.1) is 11.3 Å². The number of primary amides is 1. The average Bonchev–Trinajstić information content (AvgIpc) is 3.36. The summed E-state index contributed by atoms with van der Waals surface area (Å²) in [6, 6.07) is 0.110. The van der Waals surface area contributed by atoms with Crippen LogP contribution in [0.25, 0.3) is 10.2 Å². The Bertz CT molecular complexity index is 1140. The predicted molar refractivity (Wildman–Crippen MR) is 136 cm³/mol. The molecule has 2 heterocycles. The van der Waals surface area contributed by atoms with Gasteiger partial charge in [0.2, 0.25) is 17.7 Å². The van der Waals surface area contributed by atoms with Gasteiger partial charge < -0.3 is 25.4 Å². The fourth-order valence-electron chi connectivity index (χ4n) is 5.01. The summed E-state index contributed by atoms with van der Waals surface area (Å²) in [5.41, 5.74) is 5.72. The fourth-order valence-corrected chi connectivity index (χ4v) is 6.24. The van der Waals surface area contributed by atoms with Crippen LogP contribution in [0.3, 0.4) is 0 Å². The molecule has 1 fully saturated rings. The molecule has 4 rings (SSSR count). The van der Waals surface area contributed by atoms with Gasteiger partial charge in [0.1, 0.15) is 22.9 Å². The highest BCUT2D eigenvalue weighted by Crippen LogP contribution is 2.47. The highest BCUT2D eigenvalue weighted by Gasteiger charge is 2.34. The molecule has 10 nitrogen and oxygen atoms in total. The predicted octanol–water partition coefficient (Wildman–Crippen LogP) is 3.27. The molecule has 2 aliphatic rings. The lowest BCUT2D eigenvalue weighted by Crippen LogP contribution is -2.43. The SMILES string of the molecule is CN(C(=O)OC(C)(C)C)C1CCC(Oc2ncnc3sc4c(c23)C(CC(=O)NCC(N)=O)CC4)CC1. The highest BCUT2D eigenvalue weighted by atomic mass is 32.1. The summed E-state index contributed by atoms with van der Waals surface area (Å²) in [6.07, 6.45) is 6.47. The van der Waals surface area contributed by atoms with Crippen LogP contribution in [0.1, 0.15) is 75.7 Å². The number of hydrogen-bond acceptors (Lipinski definition) is 8. The first-order valence-corrected chi connectivity index (χ1v) is 13.3. The summed E-state index contributed by atoms with van der Waals surface area (Å²) in [7, 11) is 1.79. The van der Waals surface area contributed by atoms with Crippen LogP contribution in [-0.4, -0.2) is 64.1 Å². The molecular formula is C25H35N5O5S. The van der Waals surface area contributed by atoms with Crippen molar-refractivity contribution in [2.45, 2.75) is 89.4 Å². The van der Waals surface area contributed by atoms with Crippen molar-refractivity contribution in [3.8, 4) is 5.88 Å². The normalized spacial score (nSPS) is 21.6. The monoisotopic (exact) mass is 517 g/mol. The molecule has 0 spiro atoms. The topological polar surface area (TPSA) is 137 Å². The number of nitrogens with two attached hydrogens (primary N) is 1. The second-order valence-corrected chi connectivity index (χ2v) is 11.7. The quantitative estimate of drug-likeness (QED) is 0.575. The molecule has 1 saturated carbocycles.